The number of H-pyrrole nitrogens is 1. The minimum Gasteiger partial charge on any atom is -0.365 e. The van der Waals surface area contributed by atoms with Crippen LogP contribution in [0.25, 0.3) is 10.9 Å². The second-order valence-corrected chi connectivity index (χ2v) is 3.48. The second kappa shape index (κ2) is 3.40. The molecular weight excluding hydrogens is 216 g/mol. The first-order valence-electron chi connectivity index (χ1n) is 4.21. The highest BCUT2D eigenvalue weighted by Crippen LogP contribution is 2.20. The number of hydrogen-bond acceptors (Lipinski definition) is 2. The molecule has 3 N–H and O–H groups in total. The Bertz CT molecular complexity index is 604. The number of carbonyl (C=O) groups excluding carboxylic acids is 1. The first-order chi connectivity index (χ1) is 7.09. The van der Waals surface area contributed by atoms with E-state index in [9.17, 15) is 9.59 Å². The predicted molar refractivity (Wildman–Crippen MR) is 58.1 cm³/mol. The average Bonchev–Trinajstić information content (AvgIpc) is 2.16. The van der Waals surface area contributed by atoms with Gasteiger partial charge < -0.3 is 10.7 Å². The largest absolute Gasteiger partial charge is 0.365 e. The molecule has 0 bridgehead atoms. The first-order valence-corrected chi connectivity index (χ1v) is 4.59. The summed E-state index contributed by atoms with van der Waals surface area (Å²) < 4.78 is 0. The predicted octanol–water partition coefficient (Wildman–Crippen LogP) is 1.28. The number of amides is 1. The van der Waals surface area contributed by atoms with Crippen molar-refractivity contribution in [2.24, 2.45) is 5.73 Å². The molecule has 1 heterocycles. The summed E-state index contributed by atoms with van der Waals surface area (Å²) in [4.78, 5) is 24.9. The third-order valence-corrected chi connectivity index (χ3v) is 2.43. The Morgan fingerprint density at radius 1 is 1.40 bits per heavy atom. The highest BCUT2D eigenvalue weighted by molar-refractivity contribution is 6.35. The minimum atomic E-state index is -0.766. The van der Waals surface area contributed by atoms with Gasteiger partial charge in [-0.3, -0.25) is 9.59 Å². The number of hydrogen-bond donors (Lipinski definition) is 2. The molecule has 2 rings (SSSR count). The molecule has 5 heteroatoms. The summed E-state index contributed by atoms with van der Waals surface area (Å²) in [7, 11) is 0. The molecule has 0 aliphatic heterocycles. The van der Waals surface area contributed by atoms with E-state index in [0.29, 0.717) is 15.9 Å². The summed E-state index contributed by atoms with van der Waals surface area (Å²) in [5.41, 5.74) is 5.04. The van der Waals surface area contributed by atoms with Gasteiger partial charge in [-0.25, -0.2) is 0 Å². The van der Waals surface area contributed by atoms with Crippen LogP contribution in [0.5, 0.6) is 0 Å². The highest BCUT2D eigenvalue weighted by Gasteiger charge is 2.09. The molecule has 0 spiro atoms. The number of aromatic nitrogens is 1. The van der Waals surface area contributed by atoms with E-state index in [0.717, 1.165) is 0 Å². The number of fused-ring (bicyclic) bond motifs is 1. The van der Waals surface area contributed by atoms with Gasteiger partial charge in [0, 0.05) is 15.9 Å². The van der Waals surface area contributed by atoms with Gasteiger partial charge >= 0.3 is 0 Å². The van der Waals surface area contributed by atoms with Crippen LogP contribution in [-0.4, -0.2) is 10.9 Å². The van der Waals surface area contributed by atoms with E-state index >= 15 is 0 Å². The molecule has 76 valence electrons. The van der Waals surface area contributed by atoms with E-state index in [1.165, 1.54) is 6.07 Å². The van der Waals surface area contributed by atoms with Crippen LogP contribution in [0, 0.1) is 0 Å². The van der Waals surface area contributed by atoms with Gasteiger partial charge in [0.05, 0.1) is 0 Å². The number of nitrogens with two attached hydrogens (primary N) is 1. The lowest BCUT2D eigenvalue weighted by Gasteiger charge is -2.01. The molecule has 15 heavy (non-hydrogen) atoms. The molecule has 0 unspecified atom stereocenters. The van der Waals surface area contributed by atoms with Crippen molar-refractivity contribution >= 4 is 28.4 Å². The Labute approximate surface area is 89.7 Å². The van der Waals surface area contributed by atoms with E-state index < -0.39 is 11.5 Å². The summed E-state index contributed by atoms with van der Waals surface area (Å²) in [6.45, 7) is 0. The smallest absolute Gasteiger partial charge is 0.261 e. The molecule has 4 nitrogen and oxygen atoms in total. The van der Waals surface area contributed by atoms with Crippen molar-refractivity contribution in [3.8, 4) is 0 Å². The highest BCUT2D eigenvalue weighted by atomic mass is 35.5. The van der Waals surface area contributed by atoms with Gasteiger partial charge in [0.2, 0.25) is 0 Å². The van der Waals surface area contributed by atoms with Crippen LogP contribution in [0.4, 0.5) is 0 Å². The van der Waals surface area contributed by atoms with Crippen LogP contribution in [0.2, 0.25) is 5.02 Å². The SMILES string of the molecule is NC(=O)c1cc2c(Cl)cccc2[nH]c1=O. The van der Waals surface area contributed by atoms with Gasteiger partial charge in [0.25, 0.3) is 11.5 Å². The van der Waals surface area contributed by atoms with Crippen molar-refractivity contribution in [1.82, 2.24) is 4.98 Å². The normalized spacial score (nSPS) is 10.5. The molecule has 1 aromatic carbocycles. The molecule has 0 radical (unpaired) electrons. The molecule has 2 aromatic rings. The topological polar surface area (TPSA) is 76.0 Å². The number of nitrogens with one attached hydrogen (secondary N) is 1. The van der Waals surface area contributed by atoms with E-state index in [-0.39, 0.29) is 5.56 Å². The zero-order valence-electron chi connectivity index (χ0n) is 7.58. The second-order valence-electron chi connectivity index (χ2n) is 3.08. The summed E-state index contributed by atoms with van der Waals surface area (Å²) in [5.74, 6) is -0.766. The van der Waals surface area contributed by atoms with E-state index in [4.69, 9.17) is 17.3 Å². The zero-order chi connectivity index (χ0) is 11.0. The molecule has 0 saturated carbocycles. The molecule has 0 aliphatic rings. The summed E-state index contributed by atoms with van der Waals surface area (Å²) in [6, 6.07) is 6.49. The minimum absolute atomic E-state index is 0.0874. The number of halogens is 1. The Morgan fingerprint density at radius 2 is 2.13 bits per heavy atom. The summed E-state index contributed by atoms with van der Waals surface area (Å²) in [5, 5.41) is 1.07. The lowest BCUT2D eigenvalue weighted by Crippen LogP contribution is -2.23. The number of primary amides is 1. The fourth-order valence-corrected chi connectivity index (χ4v) is 1.60. The maximum atomic E-state index is 11.4. The van der Waals surface area contributed by atoms with Crippen LogP contribution in [0.15, 0.2) is 29.1 Å². The van der Waals surface area contributed by atoms with Gasteiger partial charge in [-0.15, -0.1) is 0 Å². The van der Waals surface area contributed by atoms with Crippen molar-refractivity contribution in [3.63, 3.8) is 0 Å². The Balaban J connectivity index is 2.90. The number of rotatable bonds is 1. The summed E-state index contributed by atoms with van der Waals surface area (Å²) >= 11 is 5.91. The van der Waals surface area contributed by atoms with Crippen LogP contribution < -0.4 is 11.3 Å². The van der Waals surface area contributed by atoms with Gasteiger partial charge in [-0.05, 0) is 18.2 Å². The van der Waals surface area contributed by atoms with Crippen molar-refractivity contribution in [1.29, 1.82) is 0 Å². The molecule has 1 aromatic heterocycles. The van der Waals surface area contributed by atoms with Crippen molar-refractivity contribution < 1.29 is 4.79 Å². The molecule has 0 fully saturated rings. The third kappa shape index (κ3) is 1.59. The monoisotopic (exact) mass is 222 g/mol. The van der Waals surface area contributed by atoms with Gasteiger partial charge in [-0.2, -0.15) is 0 Å². The van der Waals surface area contributed by atoms with Crippen molar-refractivity contribution in [3.05, 3.63) is 45.2 Å². The number of aromatic amines is 1. The average molecular weight is 223 g/mol. The fraction of sp³-hybridized carbons (Fsp3) is 0. The lowest BCUT2D eigenvalue weighted by molar-refractivity contribution is 0.0999. The molecule has 0 aliphatic carbocycles. The number of carbonyl (C=O) groups is 1. The first kappa shape index (κ1) is 9.73. The summed E-state index contributed by atoms with van der Waals surface area (Å²) in [6.07, 6.45) is 0. The van der Waals surface area contributed by atoms with Crippen LogP contribution in [0.3, 0.4) is 0 Å². The number of pyridine rings is 1. The van der Waals surface area contributed by atoms with E-state index in [2.05, 4.69) is 4.98 Å². The van der Waals surface area contributed by atoms with Gasteiger partial charge in [0.1, 0.15) is 5.56 Å². The third-order valence-electron chi connectivity index (χ3n) is 2.10. The Kier molecular flexibility index (Phi) is 2.21. The standard InChI is InChI=1S/C10H7ClN2O2/c11-7-2-1-3-8-5(7)4-6(9(12)14)10(15)13-8/h1-4H,(H2,12,14)(H,13,15). The lowest BCUT2D eigenvalue weighted by atomic mass is 10.1. The van der Waals surface area contributed by atoms with Crippen LogP contribution in [-0.2, 0) is 0 Å². The fourth-order valence-electron chi connectivity index (χ4n) is 1.38. The van der Waals surface area contributed by atoms with Crippen LogP contribution >= 0.6 is 11.6 Å². The van der Waals surface area contributed by atoms with Crippen molar-refractivity contribution in [2.75, 3.05) is 0 Å². The zero-order valence-corrected chi connectivity index (χ0v) is 8.34. The van der Waals surface area contributed by atoms with Crippen molar-refractivity contribution in [2.45, 2.75) is 0 Å². The molecule has 0 saturated heterocycles. The van der Waals surface area contributed by atoms with Gasteiger partial charge in [0.15, 0.2) is 0 Å². The van der Waals surface area contributed by atoms with Crippen LogP contribution in [0.1, 0.15) is 10.4 Å². The quantitative estimate of drug-likeness (QED) is 0.763. The molecule has 0 atom stereocenters. The maximum Gasteiger partial charge on any atom is 0.261 e. The Hall–Kier alpha value is -1.81. The molecular formula is C10H7ClN2O2. The Morgan fingerprint density at radius 3 is 2.80 bits per heavy atom. The maximum absolute atomic E-state index is 11.4. The van der Waals surface area contributed by atoms with Gasteiger partial charge in [-0.1, -0.05) is 17.7 Å². The van der Waals surface area contributed by atoms with E-state index in [1.54, 1.807) is 18.2 Å². The molecule has 1 amide bonds. The van der Waals surface area contributed by atoms with E-state index in [1.807, 2.05) is 0 Å². The number of benzene rings is 1.